The van der Waals surface area contributed by atoms with Crippen LogP contribution in [0, 0.1) is 0 Å². The molecule has 0 amide bonds. The van der Waals surface area contributed by atoms with Crippen molar-refractivity contribution < 1.29 is 26.2 Å². The molecule has 2 nitrogen and oxygen atoms in total. The first kappa shape index (κ1) is 15.5. The van der Waals surface area contributed by atoms with Gasteiger partial charge in [0.15, 0.2) is 0 Å². The summed E-state index contributed by atoms with van der Waals surface area (Å²) in [6, 6.07) is 21.9. The van der Waals surface area contributed by atoms with Crippen molar-refractivity contribution >= 4 is 0 Å². The number of hydrogen-bond acceptors (Lipinski definition) is 2. The minimum Gasteiger partial charge on any atom is -0.467 e. The van der Waals surface area contributed by atoms with Gasteiger partial charge in [0.25, 0.3) is 0 Å². The maximum atomic E-state index is 5.43. The SMILES string of the molecule is [Fe+2].c1cc[cH-]c1.c1coc(COC[c-]2cccc2)c1. The molecule has 3 aromatic rings. The van der Waals surface area contributed by atoms with E-state index in [0.717, 1.165) is 5.76 Å². The fourth-order valence-corrected chi connectivity index (χ4v) is 1.50. The van der Waals surface area contributed by atoms with Crippen LogP contribution in [0.15, 0.2) is 77.4 Å². The van der Waals surface area contributed by atoms with Gasteiger partial charge in [0, 0.05) is 6.61 Å². The Hall–Kier alpha value is -1.54. The molecular formula is C16H16FeO2. The van der Waals surface area contributed by atoms with Gasteiger partial charge in [-0.1, -0.05) is 0 Å². The number of rotatable bonds is 4. The average Bonchev–Trinajstić information content (AvgIpc) is 3.16. The molecule has 0 bridgehead atoms. The van der Waals surface area contributed by atoms with Crippen LogP contribution in [0.4, 0.5) is 0 Å². The van der Waals surface area contributed by atoms with Crippen molar-refractivity contribution in [1.29, 1.82) is 0 Å². The molecule has 0 spiro atoms. The number of furan rings is 1. The topological polar surface area (TPSA) is 22.4 Å². The predicted molar refractivity (Wildman–Crippen MR) is 71.3 cm³/mol. The second kappa shape index (κ2) is 9.40. The maximum absolute atomic E-state index is 5.43. The minimum absolute atomic E-state index is 0. The molecule has 0 radical (unpaired) electrons. The second-order valence-corrected chi connectivity index (χ2v) is 3.83. The third-order valence-electron chi connectivity index (χ3n) is 2.38. The smallest absolute Gasteiger partial charge is 0.467 e. The summed E-state index contributed by atoms with van der Waals surface area (Å²) in [5, 5.41) is 0. The van der Waals surface area contributed by atoms with Crippen LogP contribution >= 0.6 is 0 Å². The second-order valence-electron chi connectivity index (χ2n) is 3.83. The largest absolute Gasteiger partial charge is 2.00 e. The van der Waals surface area contributed by atoms with Gasteiger partial charge in [-0.25, -0.2) is 24.3 Å². The zero-order valence-corrected chi connectivity index (χ0v) is 11.6. The van der Waals surface area contributed by atoms with E-state index in [1.807, 2.05) is 66.7 Å². The molecule has 1 aromatic heterocycles. The van der Waals surface area contributed by atoms with Crippen LogP contribution in [-0.2, 0) is 35.0 Å². The van der Waals surface area contributed by atoms with Gasteiger partial charge in [-0.2, -0.15) is 30.3 Å². The summed E-state index contributed by atoms with van der Waals surface area (Å²) in [5.74, 6) is 0.867. The predicted octanol–water partition coefficient (Wildman–Crippen LogP) is 4.12. The summed E-state index contributed by atoms with van der Waals surface area (Å²) in [6.45, 7) is 1.19. The minimum atomic E-state index is 0. The Bertz CT molecular complexity index is 429. The fraction of sp³-hybridized carbons (Fsp3) is 0.125. The molecule has 0 aliphatic heterocycles. The summed E-state index contributed by atoms with van der Waals surface area (Å²) in [6.07, 6.45) is 1.65. The van der Waals surface area contributed by atoms with E-state index >= 15 is 0 Å². The quantitative estimate of drug-likeness (QED) is 0.534. The molecule has 1 heterocycles. The van der Waals surface area contributed by atoms with E-state index < -0.39 is 0 Å². The van der Waals surface area contributed by atoms with Crippen molar-refractivity contribution in [2.45, 2.75) is 13.2 Å². The summed E-state index contributed by atoms with van der Waals surface area (Å²) in [7, 11) is 0. The Morgan fingerprint density at radius 2 is 1.79 bits per heavy atom. The molecule has 2 aromatic carbocycles. The summed E-state index contributed by atoms with van der Waals surface area (Å²) in [5.41, 5.74) is 1.20. The Kier molecular flexibility index (Phi) is 7.67. The maximum Gasteiger partial charge on any atom is 2.00 e. The van der Waals surface area contributed by atoms with E-state index in [0.29, 0.717) is 13.2 Å². The van der Waals surface area contributed by atoms with Crippen LogP contribution < -0.4 is 0 Å². The molecule has 0 fully saturated rings. The number of hydrogen-bond donors (Lipinski definition) is 0. The normalized spacial score (nSPS) is 9.26. The first-order valence-corrected chi connectivity index (χ1v) is 5.92. The Balaban J connectivity index is 0.000000256. The van der Waals surface area contributed by atoms with Gasteiger partial charge in [-0.15, -0.1) is 5.56 Å². The first-order chi connectivity index (χ1) is 8.95. The number of ether oxygens (including phenoxy) is 1. The van der Waals surface area contributed by atoms with Crippen molar-refractivity contribution in [2.24, 2.45) is 0 Å². The fourth-order valence-electron chi connectivity index (χ4n) is 1.50. The molecule has 0 saturated carbocycles. The van der Waals surface area contributed by atoms with Crippen LogP contribution in [-0.4, -0.2) is 0 Å². The average molecular weight is 296 g/mol. The summed E-state index contributed by atoms with van der Waals surface area (Å²) in [4.78, 5) is 0. The summed E-state index contributed by atoms with van der Waals surface area (Å²) >= 11 is 0. The molecular weight excluding hydrogens is 280 g/mol. The molecule has 0 atom stereocenters. The van der Waals surface area contributed by atoms with E-state index in [-0.39, 0.29) is 17.1 Å². The van der Waals surface area contributed by atoms with Crippen molar-refractivity contribution in [2.75, 3.05) is 0 Å². The van der Waals surface area contributed by atoms with Crippen molar-refractivity contribution in [1.82, 2.24) is 0 Å². The van der Waals surface area contributed by atoms with Crippen LogP contribution in [0.3, 0.4) is 0 Å². The Morgan fingerprint density at radius 1 is 1.05 bits per heavy atom. The third kappa shape index (κ3) is 6.25. The molecule has 0 aliphatic rings. The van der Waals surface area contributed by atoms with Gasteiger partial charge in [-0.05, 0) is 12.1 Å². The molecule has 0 N–H and O–H groups in total. The van der Waals surface area contributed by atoms with Gasteiger partial charge >= 0.3 is 17.1 Å². The molecule has 0 saturated heterocycles. The molecule has 19 heavy (non-hydrogen) atoms. The van der Waals surface area contributed by atoms with Crippen LogP contribution in [0.25, 0.3) is 0 Å². The molecule has 0 unspecified atom stereocenters. The summed E-state index contributed by atoms with van der Waals surface area (Å²) < 4.78 is 10.6. The Morgan fingerprint density at radius 3 is 2.32 bits per heavy atom. The van der Waals surface area contributed by atoms with Crippen LogP contribution in [0.1, 0.15) is 11.3 Å². The van der Waals surface area contributed by atoms with E-state index in [1.165, 1.54) is 5.56 Å². The standard InChI is InChI=1S/C11H11O2.C5H5.Fe/c1-2-5-10(4-1)8-12-9-11-6-3-7-13-11;1-2-4-5-3-1;/h1-7H,8-9H2;1-5H;/q2*-1;+2. The van der Waals surface area contributed by atoms with Crippen molar-refractivity contribution in [3.63, 3.8) is 0 Å². The van der Waals surface area contributed by atoms with Gasteiger partial charge in [-0.3, -0.25) is 0 Å². The van der Waals surface area contributed by atoms with Gasteiger partial charge in [0.05, 0.1) is 6.26 Å². The van der Waals surface area contributed by atoms with Crippen LogP contribution in [0.2, 0.25) is 0 Å². The Labute approximate surface area is 124 Å². The van der Waals surface area contributed by atoms with Gasteiger partial charge in [0.2, 0.25) is 0 Å². The molecule has 100 valence electrons. The van der Waals surface area contributed by atoms with E-state index in [2.05, 4.69) is 0 Å². The van der Waals surface area contributed by atoms with Gasteiger partial charge < -0.3 is 9.15 Å². The van der Waals surface area contributed by atoms with E-state index in [1.54, 1.807) is 6.26 Å². The van der Waals surface area contributed by atoms with E-state index in [4.69, 9.17) is 9.15 Å². The molecule has 3 rings (SSSR count). The molecule has 3 heteroatoms. The zero-order valence-electron chi connectivity index (χ0n) is 10.5. The zero-order chi connectivity index (χ0) is 12.5. The van der Waals surface area contributed by atoms with E-state index in [9.17, 15) is 0 Å². The molecule has 0 aliphatic carbocycles. The first-order valence-electron chi connectivity index (χ1n) is 5.92. The van der Waals surface area contributed by atoms with Gasteiger partial charge in [0.1, 0.15) is 12.4 Å². The monoisotopic (exact) mass is 296 g/mol. The third-order valence-corrected chi connectivity index (χ3v) is 2.38. The van der Waals surface area contributed by atoms with Crippen molar-refractivity contribution in [3.8, 4) is 0 Å². The van der Waals surface area contributed by atoms with Crippen molar-refractivity contribution in [3.05, 3.63) is 84.3 Å². The van der Waals surface area contributed by atoms with Crippen LogP contribution in [0.5, 0.6) is 0 Å².